The van der Waals surface area contributed by atoms with Crippen LogP contribution in [-0.4, -0.2) is 14.4 Å². The van der Waals surface area contributed by atoms with Gasteiger partial charge in [0, 0.05) is 10.9 Å². The van der Waals surface area contributed by atoms with E-state index in [0.29, 0.717) is 0 Å². The summed E-state index contributed by atoms with van der Waals surface area (Å²) in [6, 6.07) is 25.5. The van der Waals surface area contributed by atoms with Crippen molar-refractivity contribution in [2.24, 2.45) is 0 Å². The Morgan fingerprint density at radius 3 is 2.60 bits per heavy atom. The highest BCUT2D eigenvalue weighted by molar-refractivity contribution is 7.23. The number of benzene rings is 3. The minimum absolute atomic E-state index is 1.04. The second-order valence-corrected chi connectivity index (χ2v) is 7.26. The van der Waals surface area contributed by atoms with Crippen molar-refractivity contribution in [1.29, 1.82) is 0 Å². The molecule has 118 valence electrons. The van der Waals surface area contributed by atoms with E-state index in [1.165, 1.54) is 26.7 Å². The molecule has 1 N–H and O–H groups in total. The molecule has 6 aromatic rings. The van der Waals surface area contributed by atoms with Crippen LogP contribution < -0.4 is 0 Å². The quantitative estimate of drug-likeness (QED) is 0.400. The molecule has 6 rings (SSSR count). The van der Waals surface area contributed by atoms with Gasteiger partial charge >= 0.3 is 0 Å². The van der Waals surface area contributed by atoms with Gasteiger partial charge in [0.2, 0.25) is 0 Å². The van der Waals surface area contributed by atoms with Crippen LogP contribution in [0, 0.1) is 0 Å². The number of aromatic amines is 1. The van der Waals surface area contributed by atoms with E-state index in [4.69, 9.17) is 4.98 Å². The van der Waals surface area contributed by atoms with Crippen molar-refractivity contribution in [2.75, 3.05) is 0 Å². The second kappa shape index (κ2) is 4.71. The Morgan fingerprint density at radius 2 is 1.68 bits per heavy atom. The lowest BCUT2D eigenvalue weighted by Gasteiger charge is -2.01. The Kier molecular flexibility index (Phi) is 2.49. The van der Waals surface area contributed by atoms with Crippen molar-refractivity contribution >= 4 is 48.6 Å². The molecule has 0 bridgehead atoms. The van der Waals surface area contributed by atoms with Crippen LogP contribution in [0.25, 0.3) is 48.4 Å². The first-order chi connectivity index (χ1) is 12.4. The van der Waals surface area contributed by atoms with Crippen LogP contribution in [-0.2, 0) is 0 Å². The maximum atomic E-state index is 4.93. The van der Waals surface area contributed by atoms with Crippen LogP contribution >= 0.6 is 11.3 Å². The third-order valence-electron chi connectivity index (χ3n) is 4.79. The number of thiazole rings is 1. The first kappa shape index (κ1) is 13.2. The van der Waals surface area contributed by atoms with E-state index < -0.39 is 0 Å². The van der Waals surface area contributed by atoms with Crippen LogP contribution in [0.3, 0.4) is 0 Å². The summed E-state index contributed by atoms with van der Waals surface area (Å²) >= 11 is 1.73. The number of nitrogens with one attached hydrogen (secondary N) is 1. The van der Waals surface area contributed by atoms with Gasteiger partial charge in [-0.2, -0.15) is 0 Å². The molecule has 0 spiro atoms. The zero-order valence-corrected chi connectivity index (χ0v) is 14.0. The van der Waals surface area contributed by atoms with Gasteiger partial charge in [0.15, 0.2) is 4.96 Å². The number of para-hydroxylation sites is 1. The first-order valence-corrected chi connectivity index (χ1v) is 9.07. The molecule has 0 atom stereocenters. The monoisotopic (exact) mass is 339 g/mol. The summed E-state index contributed by atoms with van der Waals surface area (Å²) in [6.45, 7) is 0. The SMILES string of the molecule is c1ccc(-c2ccc3[nH]c4c(nc5sc6ccccc6n54)c3c2)cc1. The van der Waals surface area contributed by atoms with Gasteiger partial charge in [-0.3, -0.25) is 4.40 Å². The van der Waals surface area contributed by atoms with E-state index in [9.17, 15) is 0 Å². The molecule has 25 heavy (non-hydrogen) atoms. The summed E-state index contributed by atoms with van der Waals surface area (Å²) in [5, 5.41) is 1.18. The first-order valence-electron chi connectivity index (χ1n) is 8.25. The average molecular weight is 339 g/mol. The molecule has 0 radical (unpaired) electrons. The fraction of sp³-hybridized carbons (Fsp3) is 0. The molecule has 3 heterocycles. The lowest BCUT2D eigenvalue weighted by Crippen LogP contribution is -1.80. The van der Waals surface area contributed by atoms with E-state index >= 15 is 0 Å². The third kappa shape index (κ3) is 1.77. The summed E-state index contributed by atoms with van der Waals surface area (Å²) < 4.78 is 3.49. The fourth-order valence-corrected chi connectivity index (χ4v) is 4.63. The van der Waals surface area contributed by atoms with Gasteiger partial charge in [0.25, 0.3) is 0 Å². The normalized spacial score (nSPS) is 12.0. The van der Waals surface area contributed by atoms with Crippen molar-refractivity contribution in [3.05, 3.63) is 72.8 Å². The molecular formula is C21H13N3S. The number of hydrogen-bond acceptors (Lipinski definition) is 2. The fourth-order valence-electron chi connectivity index (χ4n) is 3.61. The zero-order chi connectivity index (χ0) is 16.4. The number of nitrogens with zero attached hydrogens (tertiary/aromatic N) is 2. The van der Waals surface area contributed by atoms with E-state index in [1.54, 1.807) is 11.3 Å². The molecule has 0 aliphatic heterocycles. The largest absolute Gasteiger partial charge is 0.339 e. The van der Waals surface area contributed by atoms with Crippen molar-refractivity contribution in [3.63, 3.8) is 0 Å². The Balaban J connectivity index is 1.71. The van der Waals surface area contributed by atoms with E-state index in [0.717, 1.165) is 21.6 Å². The molecule has 0 aliphatic rings. The predicted molar refractivity (Wildman–Crippen MR) is 105 cm³/mol. The van der Waals surface area contributed by atoms with Gasteiger partial charge in [0.05, 0.1) is 10.2 Å². The van der Waals surface area contributed by atoms with Crippen molar-refractivity contribution in [3.8, 4) is 11.1 Å². The number of hydrogen-bond donors (Lipinski definition) is 1. The number of H-pyrrole nitrogens is 1. The van der Waals surface area contributed by atoms with Crippen LogP contribution in [0.5, 0.6) is 0 Å². The standard InChI is InChI=1S/C21H13N3S/c1-2-6-13(7-3-1)14-10-11-16-15(12-14)19-20(22-16)24-17-8-4-5-9-18(17)25-21(24)23-19/h1-12,22H. The van der Waals surface area contributed by atoms with E-state index in [2.05, 4.69) is 76.1 Å². The third-order valence-corrected chi connectivity index (χ3v) is 5.81. The summed E-state index contributed by atoms with van der Waals surface area (Å²) in [4.78, 5) is 9.53. The molecule has 0 unspecified atom stereocenters. The summed E-state index contributed by atoms with van der Waals surface area (Å²) in [5.74, 6) is 0. The lowest BCUT2D eigenvalue weighted by molar-refractivity contribution is 1.29. The predicted octanol–water partition coefficient (Wildman–Crippen LogP) is 5.85. The molecule has 4 heteroatoms. The highest BCUT2D eigenvalue weighted by Gasteiger charge is 2.15. The Morgan fingerprint density at radius 1 is 0.840 bits per heavy atom. The average Bonchev–Trinajstić information content (AvgIpc) is 3.29. The van der Waals surface area contributed by atoms with Gasteiger partial charge in [-0.15, -0.1) is 0 Å². The molecule has 3 nitrogen and oxygen atoms in total. The number of fused-ring (bicyclic) bond motifs is 7. The van der Waals surface area contributed by atoms with Crippen molar-refractivity contribution in [2.45, 2.75) is 0 Å². The maximum Gasteiger partial charge on any atom is 0.197 e. The van der Waals surface area contributed by atoms with E-state index in [1.807, 2.05) is 6.07 Å². The Bertz CT molecular complexity index is 1390. The lowest BCUT2D eigenvalue weighted by atomic mass is 10.0. The van der Waals surface area contributed by atoms with Crippen LogP contribution in [0.15, 0.2) is 72.8 Å². The number of imidazole rings is 1. The summed E-state index contributed by atoms with van der Waals surface area (Å²) in [7, 11) is 0. The van der Waals surface area contributed by atoms with E-state index in [-0.39, 0.29) is 0 Å². The zero-order valence-electron chi connectivity index (χ0n) is 13.2. The van der Waals surface area contributed by atoms with Crippen molar-refractivity contribution < 1.29 is 0 Å². The Hall–Kier alpha value is -3.11. The Labute approximate surface area is 147 Å². The highest BCUT2D eigenvalue weighted by Crippen LogP contribution is 2.34. The molecule has 0 saturated heterocycles. The minimum Gasteiger partial charge on any atom is -0.339 e. The number of aromatic nitrogens is 3. The van der Waals surface area contributed by atoms with Crippen molar-refractivity contribution in [1.82, 2.24) is 14.4 Å². The number of rotatable bonds is 1. The molecule has 0 saturated carbocycles. The van der Waals surface area contributed by atoms with Crippen LogP contribution in [0.1, 0.15) is 0 Å². The molecule has 3 aromatic carbocycles. The van der Waals surface area contributed by atoms with Crippen LogP contribution in [0.2, 0.25) is 0 Å². The van der Waals surface area contributed by atoms with Gasteiger partial charge in [0.1, 0.15) is 11.2 Å². The molecular weight excluding hydrogens is 326 g/mol. The molecule has 0 amide bonds. The molecule has 3 aromatic heterocycles. The minimum atomic E-state index is 1.04. The topological polar surface area (TPSA) is 33.1 Å². The van der Waals surface area contributed by atoms with Crippen LogP contribution in [0.4, 0.5) is 0 Å². The van der Waals surface area contributed by atoms with Gasteiger partial charge < -0.3 is 4.98 Å². The van der Waals surface area contributed by atoms with Gasteiger partial charge in [-0.25, -0.2) is 4.98 Å². The smallest absolute Gasteiger partial charge is 0.197 e. The maximum absolute atomic E-state index is 4.93. The van der Waals surface area contributed by atoms with Gasteiger partial charge in [-0.1, -0.05) is 59.9 Å². The summed E-state index contributed by atoms with van der Waals surface area (Å²) in [5.41, 5.74) is 6.90. The highest BCUT2D eigenvalue weighted by atomic mass is 32.1. The van der Waals surface area contributed by atoms with Gasteiger partial charge in [-0.05, 0) is 35.4 Å². The molecule has 0 fully saturated rings. The molecule has 0 aliphatic carbocycles. The summed E-state index contributed by atoms with van der Waals surface area (Å²) in [6.07, 6.45) is 0. The second-order valence-electron chi connectivity index (χ2n) is 6.25.